The molecule has 2 heterocycles. The smallest absolute Gasteiger partial charge is 0.338 e. The third-order valence-corrected chi connectivity index (χ3v) is 5.05. The van der Waals surface area contributed by atoms with Gasteiger partial charge in [-0.25, -0.2) is 9.78 Å². The number of H-pyrrole nitrogens is 1. The Morgan fingerprint density at radius 3 is 2.50 bits per heavy atom. The van der Waals surface area contributed by atoms with Crippen LogP contribution in [0.25, 0.3) is 22.4 Å². The zero-order valence-corrected chi connectivity index (χ0v) is 15.7. The molecule has 6 nitrogen and oxygen atoms in total. The van der Waals surface area contributed by atoms with Crippen LogP contribution in [0.4, 0.5) is 0 Å². The van der Waals surface area contributed by atoms with Gasteiger partial charge in [0.2, 0.25) is 0 Å². The predicted octanol–water partition coefficient (Wildman–Crippen LogP) is 3.79. The Kier molecular flexibility index (Phi) is 5.37. The first kappa shape index (κ1) is 18.2. The first-order valence-corrected chi connectivity index (χ1v) is 9.71. The summed E-state index contributed by atoms with van der Waals surface area (Å²) in [5.74, 6) is 0.127. The van der Waals surface area contributed by atoms with E-state index in [1.165, 1.54) is 0 Å². The van der Waals surface area contributed by atoms with Crippen molar-refractivity contribution in [2.75, 3.05) is 19.7 Å². The van der Waals surface area contributed by atoms with Crippen molar-refractivity contribution in [2.45, 2.75) is 25.7 Å². The van der Waals surface area contributed by atoms with Crippen LogP contribution in [0.1, 0.15) is 36.0 Å². The van der Waals surface area contributed by atoms with E-state index < -0.39 is 5.97 Å². The zero-order valence-electron chi connectivity index (χ0n) is 15.7. The molecule has 4 rings (SSSR count). The van der Waals surface area contributed by atoms with Crippen LogP contribution in [0.5, 0.6) is 0 Å². The molecule has 28 heavy (non-hydrogen) atoms. The molecular weight excluding hydrogens is 354 g/mol. The number of aromatic amines is 1. The molecule has 1 aromatic heterocycles. The summed E-state index contributed by atoms with van der Waals surface area (Å²) < 4.78 is 5.26. The lowest BCUT2D eigenvalue weighted by atomic mass is 10.2. The summed E-state index contributed by atoms with van der Waals surface area (Å²) in [4.78, 5) is 34.3. The Labute approximate surface area is 163 Å². The Hall–Kier alpha value is -3.15. The summed E-state index contributed by atoms with van der Waals surface area (Å²) in [6.45, 7) is 1.28. The number of nitrogens with zero attached hydrogens (tertiary/aromatic N) is 2. The molecule has 0 unspecified atom stereocenters. The quantitative estimate of drug-likeness (QED) is 0.702. The molecule has 6 heteroatoms. The second-order valence-electron chi connectivity index (χ2n) is 7.05. The second-order valence-corrected chi connectivity index (χ2v) is 7.05. The number of fused-ring (bicyclic) bond motifs is 1. The lowest BCUT2D eigenvalue weighted by Gasteiger charge is -2.19. The molecule has 1 saturated heterocycles. The highest BCUT2D eigenvalue weighted by Crippen LogP contribution is 2.21. The number of carbonyl (C=O) groups excluding carboxylic acids is 2. The van der Waals surface area contributed by atoms with E-state index in [9.17, 15) is 9.59 Å². The highest BCUT2D eigenvalue weighted by Gasteiger charge is 2.18. The molecule has 1 fully saturated rings. The van der Waals surface area contributed by atoms with Crippen molar-refractivity contribution < 1.29 is 14.3 Å². The normalized spacial score (nSPS) is 14.6. The first-order valence-electron chi connectivity index (χ1n) is 9.71. The van der Waals surface area contributed by atoms with Crippen LogP contribution in [0, 0.1) is 0 Å². The first-order chi connectivity index (χ1) is 13.7. The number of carbonyl (C=O) groups is 2. The van der Waals surface area contributed by atoms with Gasteiger partial charge in [-0.3, -0.25) is 4.79 Å². The molecule has 0 bridgehead atoms. The molecule has 0 radical (unpaired) electrons. The van der Waals surface area contributed by atoms with E-state index in [0.29, 0.717) is 5.56 Å². The lowest BCUT2D eigenvalue weighted by Crippen LogP contribution is -2.35. The van der Waals surface area contributed by atoms with Gasteiger partial charge in [-0.1, -0.05) is 43.2 Å². The highest BCUT2D eigenvalue weighted by molar-refractivity contribution is 5.95. The van der Waals surface area contributed by atoms with E-state index in [-0.39, 0.29) is 12.5 Å². The molecular formula is C22H23N3O3. The average molecular weight is 377 g/mol. The standard InChI is InChI=1S/C22H23N3O3/c26-20(25-12-6-1-2-7-13-25)15-28-22(27)17-10-11-18-19(14-17)24-21(23-18)16-8-4-3-5-9-16/h3-5,8-11,14H,1-2,6-7,12-13,15H2,(H,23,24). The van der Waals surface area contributed by atoms with Crippen molar-refractivity contribution in [1.29, 1.82) is 0 Å². The molecule has 144 valence electrons. The van der Waals surface area contributed by atoms with Gasteiger partial charge in [0.15, 0.2) is 6.61 Å². The van der Waals surface area contributed by atoms with Crippen LogP contribution < -0.4 is 0 Å². The van der Waals surface area contributed by atoms with Gasteiger partial charge in [0, 0.05) is 18.7 Å². The van der Waals surface area contributed by atoms with Crippen LogP contribution >= 0.6 is 0 Å². The van der Waals surface area contributed by atoms with Crippen molar-refractivity contribution >= 4 is 22.9 Å². The Morgan fingerprint density at radius 1 is 1.00 bits per heavy atom. The van der Waals surface area contributed by atoms with Gasteiger partial charge in [0.1, 0.15) is 5.82 Å². The van der Waals surface area contributed by atoms with Crippen molar-refractivity contribution in [3.05, 3.63) is 54.1 Å². The van der Waals surface area contributed by atoms with E-state index in [4.69, 9.17) is 4.74 Å². The molecule has 1 aliphatic rings. The summed E-state index contributed by atoms with van der Waals surface area (Å²) in [5, 5.41) is 0. The number of ether oxygens (including phenoxy) is 1. The molecule has 1 aliphatic heterocycles. The van der Waals surface area contributed by atoms with Crippen LogP contribution in [0.2, 0.25) is 0 Å². The second kappa shape index (κ2) is 8.25. The summed E-state index contributed by atoms with van der Waals surface area (Å²) in [5.41, 5.74) is 2.91. The summed E-state index contributed by atoms with van der Waals surface area (Å²) in [6.07, 6.45) is 4.33. The fourth-order valence-electron chi connectivity index (χ4n) is 3.49. The van der Waals surface area contributed by atoms with E-state index >= 15 is 0 Å². The number of rotatable bonds is 4. The van der Waals surface area contributed by atoms with Gasteiger partial charge in [0.05, 0.1) is 16.6 Å². The predicted molar refractivity (Wildman–Crippen MR) is 107 cm³/mol. The van der Waals surface area contributed by atoms with Gasteiger partial charge in [-0.2, -0.15) is 0 Å². The maximum atomic E-state index is 12.4. The zero-order chi connectivity index (χ0) is 19.3. The van der Waals surface area contributed by atoms with Crippen molar-refractivity contribution in [2.24, 2.45) is 0 Å². The topological polar surface area (TPSA) is 75.3 Å². The average Bonchev–Trinajstić information content (AvgIpc) is 2.97. The molecule has 2 aromatic carbocycles. The third kappa shape index (κ3) is 4.06. The number of aromatic nitrogens is 2. The number of benzene rings is 2. The monoisotopic (exact) mass is 377 g/mol. The van der Waals surface area contributed by atoms with E-state index in [1.54, 1.807) is 23.1 Å². The van der Waals surface area contributed by atoms with Crippen molar-refractivity contribution in [3.63, 3.8) is 0 Å². The van der Waals surface area contributed by atoms with Gasteiger partial charge in [0.25, 0.3) is 5.91 Å². The van der Waals surface area contributed by atoms with E-state index in [2.05, 4.69) is 9.97 Å². The number of imidazole rings is 1. The van der Waals surface area contributed by atoms with Crippen LogP contribution in [-0.4, -0.2) is 46.4 Å². The third-order valence-electron chi connectivity index (χ3n) is 5.05. The SMILES string of the molecule is O=C(OCC(=O)N1CCCCCC1)c1ccc2nc(-c3ccccc3)[nH]c2c1. The fourth-order valence-corrected chi connectivity index (χ4v) is 3.49. The van der Waals surface area contributed by atoms with E-state index in [1.807, 2.05) is 30.3 Å². The van der Waals surface area contributed by atoms with Crippen LogP contribution in [-0.2, 0) is 9.53 Å². The summed E-state index contributed by atoms with van der Waals surface area (Å²) >= 11 is 0. The molecule has 3 aromatic rings. The Bertz CT molecular complexity index is 973. The van der Waals surface area contributed by atoms with Crippen LogP contribution in [0.15, 0.2) is 48.5 Å². The largest absolute Gasteiger partial charge is 0.452 e. The number of esters is 1. The number of hydrogen-bond donors (Lipinski definition) is 1. The van der Waals surface area contributed by atoms with Crippen LogP contribution in [0.3, 0.4) is 0 Å². The maximum absolute atomic E-state index is 12.4. The van der Waals surface area contributed by atoms with Gasteiger partial charge in [-0.05, 0) is 31.0 Å². The minimum atomic E-state index is -0.499. The fraction of sp³-hybridized carbons (Fsp3) is 0.318. The summed E-state index contributed by atoms with van der Waals surface area (Å²) in [7, 11) is 0. The molecule has 0 saturated carbocycles. The highest BCUT2D eigenvalue weighted by atomic mass is 16.5. The molecule has 0 aliphatic carbocycles. The van der Waals surface area contributed by atoms with Crippen molar-refractivity contribution in [1.82, 2.24) is 14.9 Å². The molecule has 1 amide bonds. The maximum Gasteiger partial charge on any atom is 0.338 e. The van der Waals surface area contributed by atoms with Gasteiger partial charge < -0.3 is 14.6 Å². The number of hydrogen-bond acceptors (Lipinski definition) is 4. The van der Waals surface area contributed by atoms with Crippen molar-refractivity contribution in [3.8, 4) is 11.4 Å². The molecule has 0 atom stereocenters. The number of nitrogens with one attached hydrogen (secondary N) is 1. The summed E-state index contributed by atoms with van der Waals surface area (Å²) in [6, 6.07) is 15.0. The molecule has 1 N–H and O–H groups in total. The molecule has 0 spiro atoms. The van der Waals surface area contributed by atoms with Gasteiger partial charge >= 0.3 is 5.97 Å². The Morgan fingerprint density at radius 2 is 1.75 bits per heavy atom. The number of likely N-dealkylation sites (tertiary alicyclic amines) is 1. The minimum absolute atomic E-state index is 0.121. The minimum Gasteiger partial charge on any atom is -0.452 e. The van der Waals surface area contributed by atoms with E-state index in [0.717, 1.165) is 61.2 Å². The number of amides is 1. The van der Waals surface area contributed by atoms with Gasteiger partial charge in [-0.15, -0.1) is 0 Å². The Balaban J connectivity index is 1.43. The lowest BCUT2D eigenvalue weighted by molar-refractivity contribution is -0.134.